The van der Waals surface area contributed by atoms with Crippen LogP contribution < -0.4 is 4.74 Å². The predicted octanol–water partition coefficient (Wildman–Crippen LogP) is 4.87. The van der Waals surface area contributed by atoms with Crippen LogP contribution in [0.5, 0.6) is 5.75 Å². The molecule has 6 heteroatoms. The van der Waals surface area contributed by atoms with Gasteiger partial charge in [-0.05, 0) is 24.3 Å². The number of ether oxygens (including phenoxy) is 1. The highest BCUT2D eigenvalue weighted by molar-refractivity contribution is 9.10. The third-order valence-electron chi connectivity index (χ3n) is 2.12. The quantitative estimate of drug-likeness (QED) is 0.737. The Kier molecular flexibility index (Phi) is 4.43. The van der Waals surface area contributed by atoms with Crippen molar-refractivity contribution < 1.29 is 9.13 Å². The molecule has 1 aromatic heterocycles. The lowest BCUT2D eigenvalue weighted by Gasteiger charge is -2.08. The Morgan fingerprint density at radius 2 is 2.00 bits per heavy atom. The number of aromatic nitrogens is 1. The van der Waals surface area contributed by atoms with Gasteiger partial charge in [0.2, 0.25) is 0 Å². The first-order valence-corrected chi connectivity index (χ1v) is 6.49. The molecule has 2 rings (SSSR count). The van der Waals surface area contributed by atoms with E-state index in [0.29, 0.717) is 20.9 Å². The van der Waals surface area contributed by atoms with E-state index in [9.17, 15) is 4.39 Å². The summed E-state index contributed by atoms with van der Waals surface area (Å²) < 4.78 is 19.2. The standard InChI is InChI=1S/C12H7BrCl2FNO/c13-8-3-9(16)5-10(4-8)18-6-7-1-2-11(14)17-12(7)15/h1-5H,6H2. The zero-order valence-corrected chi connectivity index (χ0v) is 12.1. The SMILES string of the molecule is Fc1cc(Br)cc(OCc2ccc(Cl)nc2Cl)c1. The highest BCUT2D eigenvalue weighted by atomic mass is 79.9. The Bertz CT molecular complexity index is 560. The van der Waals surface area contributed by atoms with Crippen molar-refractivity contribution in [2.24, 2.45) is 0 Å². The first-order chi connectivity index (χ1) is 8.54. The Labute approximate surface area is 122 Å². The molecule has 0 aliphatic rings. The van der Waals surface area contributed by atoms with E-state index < -0.39 is 0 Å². The minimum absolute atomic E-state index is 0.193. The largest absolute Gasteiger partial charge is 0.489 e. The Hall–Kier alpha value is -0.840. The van der Waals surface area contributed by atoms with Gasteiger partial charge in [0, 0.05) is 16.1 Å². The molecule has 18 heavy (non-hydrogen) atoms. The highest BCUT2D eigenvalue weighted by Gasteiger charge is 2.05. The summed E-state index contributed by atoms with van der Waals surface area (Å²) in [5.74, 6) is 0.0348. The van der Waals surface area contributed by atoms with Crippen molar-refractivity contribution >= 4 is 39.1 Å². The number of nitrogens with zero attached hydrogens (tertiary/aromatic N) is 1. The molecule has 0 spiro atoms. The van der Waals surface area contributed by atoms with Gasteiger partial charge in [-0.1, -0.05) is 39.1 Å². The second kappa shape index (κ2) is 5.87. The Morgan fingerprint density at radius 1 is 1.22 bits per heavy atom. The molecule has 1 heterocycles. The van der Waals surface area contributed by atoms with Crippen molar-refractivity contribution in [3.8, 4) is 5.75 Å². The molecule has 0 radical (unpaired) electrons. The van der Waals surface area contributed by atoms with E-state index in [4.69, 9.17) is 27.9 Å². The van der Waals surface area contributed by atoms with Crippen LogP contribution >= 0.6 is 39.1 Å². The fourth-order valence-corrected chi connectivity index (χ4v) is 2.17. The molecule has 94 valence electrons. The monoisotopic (exact) mass is 349 g/mol. The second-order valence-corrected chi connectivity index (χ2v) is 5.14. The van der Waals surface area contributed by atoms with Crippen molar-refractivity contribution in [2.45, 2.75) is 6.61 Å². The number of rotatable bonds is 3. The number of hydrogen-bond donors (Lipinski definition) is 0. The van der Waals surface area contributed by atoms with Gasteiger partial charge in [-0.15, -0.1) is 0 Å². The van der Waals surface area contributed by atoms with Gasteiger partial charge in [0.25, 0.3) is 0 Å². The fourth-order valence-electron chi connectivity index (χ4n) is 1.32. The topological polar surface area (TPSA) is 22.1 Å². The first-order valence-electron chi connectivity index (χ1n) is 4.94. The van der Waals surface area contributed by atoms with Crippen LogP contribution in [0.3, 0.4) is 0 Å². The maximum atomic E-state index is 13.1. The van der Waals surface area contributed by atoms with Crippen molar-refractivity contribution in [1.82, 2.24) is 4.98 Å². The maximum Gasteiger partial charge on any atom is 0.137 e. The van der Waals surface area contributed by atoms with E-state index in [1.54, 1.807) is 18.2 Å². The molecular formula is C12H7BrCl2FNO. The molecule has 0 amide bonds. The summed E-state index contributed by atoms with van der Waals surface area (Å²) in [6.07, 6.45) is 0. The van der Waals surface area contributed by atoms with E-state index in [0.717, 1.165) is 0 Å². The number of halogens is 4. The molecule has 0 aliphatic carbocycles. The highest BCUT2D eigenvalue weighted by Crippen LogP contribution is 2.23. The smallest absolute Gasteiger partial charge is 0.137 e. The molecule has 1 aromatic carbocycles. The van der Waals surface area contributed by atoms with Crippen LogP contribution in [0.4, 0.5) is 4.39 Å². The Morgan fingerprint density at radius 3 is 2.67 bits per heavy atom. The normalized spacial score (nSPS) is 10.4. The van der Waals surface area contributed by atoms with Gasteiger partial charge >= 0.3 is 0 Å². The van der Waals surface area contributed by atoms with E-state index >= 15 is 0 Å². The lowest BCUT2D eigenvalue weighted by atomic mass is 10.3. The van der Waals surface area contributed by atoms with Crippen LogP contribution in [-0.4, -0.2) is 4.98 Å². The summed E-state index contributed by atoms with van der Waals surface area (Å²) in [5, 5.41) is 0.593. The van der Waals surface area contributed by atoms with E-state index in [-0.39, 0.29) is 17.6 Å². The summed E-state index contributed by atoms with van der Waals surface area (Å²) in [6.45, 7) is 0.193. The van der Waals surface area contributed by atoms with Crippen molar-refractivity contribution in [3.63, 3.8) is 0 Å². The lowest BCUT2D eigenvalue weighted by molar-refractivity contribution is 0.304. The average Bonchev–Trinajstić information content (AvgIpc) is 2.26. The third kappa shape index (κ3) is 3.57. The summed E-state index contributed by atoms with van der Waals surface area (Å²) in [4.78, 5) is 3.89. The van der Waals surface area contributed by atoms with Gasteiger partial charge in [0.1, 0.15) is 28.5 Å². The average molecular weight is 351 g/mol. The van der Waals surface area contributed by atoms with Gasteiger partial charge in [-0.3, -0.25) is 0 Å². The Balaban J connectivity index is 2.11. The zero-order valence-electron chi connectivity index (χ0n) is 8.96. The van der Waals surface area contributed by atoms with Crippen molar-refractivity contribution in [3.05, 3.63) is 56.5 Å². The summed E-state index contributed by atoms with van der Waals surface area (Å²) in [6, 6.07) is 7.64. The van der Waals surface area contributed by atoms with Crippen molar-refractivity contribution in [2.75, 3.05) is 0 Å². The van der Waals surface area contributed by atoms with Crippen LogP contribution in [-0.2, 0) is 6.61 Å². The predicted molar refractivity (Wildman–Crippen MR) is 72.7 cm³/mol. The molecule has 2 nitrogen and oxygen atoms in total. The molecule has 0 saturated carbocycles. The number of pyridine rings is 1. The molecular weight excluding hydrogens is 344 g/mol. The minimum Gasteiger partial charge on any atom is -0.489 e. The lowest BCUT2D eigenvalue weighted by Crippen LogP contribution is -1.98. The molecule has 0 unspecified atom stereocenters. The zero-order chi connectivity index (χ0) is 13.1. The molecule has 0 fully saturated rings. The molecule has 0 aliphatic heterocycles. The van der Waals surface area contributed by atoms with Gasteiger partial charge in [0.05, 0.1) is 0 Å². The van der Waals surface area contributed by atoms with Crippen molar-refractivity contribution in [1.29, 1.82) is 0 Å². The van der Waals surface area contributed by atoms with Gasteiger partial charge in [-0.25, -0.2) is 9.37 Å². The minimum atomic E-state index is -0.375. The molecule has 2 aromatic rings. The molecule has 0 bridgehead atoms. The van der Waals surface area contributed by atoms with Crippen LogP contribution in [0.2, 0.25) is 10.3 Å². The maximum absolute atomic E-state index is 13.1. The number of benzene rings is 1. The summed E-state index contributed by atoms with van der Waals surface area (Å²) >= 11 is 14.8. The van der Waals surface area contributed by atoms with E-state index in [2.05, 4.69) is 20.9 Å². The molecule has 0 atom stereocenters. The van der Waals surface area contributed by atoms with Crippen LogP contribution in [0.1, 0.15) is 5.56 Å². The first kappa shape index (κ1) is 13.6. The van der Waals surface area contributed by atoms with Gasteiger partial charge in [-0.2, -0.15) is 0 Å². The van der Waals surface area contributed by atoms with E-state index in [1.165, 1.54) is 12.1 Å². The van der Waals surface area contributed by atoms with E-state index in [1.807, 2.05) is 0 Å². The van der Waals surface area contributed by atoms with Crippen LogP contribution in [0.15, 0.2) is 34.8 Å². The third-order valence-corrected chi connectivity index (χ3v) is 3.12. The fraction of sp³-hybridized carbons (Fsp3) is 0.0833. The number of hydrogen-bond acceptors (Lipinski definition) is 2. The van der Waals surface area contributed by atoms with Gasteiger partial charge in [0.15, 0.2) is 0 Å². The van der Waals surface area contributed by atoms with Crippen LogP contribution in [0, 0.1) is 5.82 Å². The molecule has 0 N–H and O–H groups in total. The molecule has 0 saturated heterocycles. The van der Waals surface area contributed by atoms with Gasteiger partial charge < -0.3 is 4.74 Å². The second-order valence-electron chi connectivity index (χ2n) is 3.48. The summed E-state index contributed by atoms with van der Waals surface area (Å²) in [7, 11) is 0. The summed E-state index contributed by atoms with van der Waals surface area (Å²) in [5.41, 5.74) is 0.682. The van der Waals surface area contributed by atoms with Crippen LogP contribution in [0.25, 0.3) is 0 Å².